The van der Waals surface area contributed by atoms with Crippen LogP contribution in [0.5, 0.6) is 0 Å². The van der Waals surface area contributed by atoms with Crippen molar-refractivity contribution >= 4 is 17.3 Å². The van der Waals surface area contributed by atoms with Crippen LogP contribution in [-0.2, 0) is 0 Å². The van der Waals surface area contributed by atoms with Crippen LogP contribution in [0, 0.1) is 0 Å². The van der Waals surface area contributed by atoms with Gasteiger partial charge in [-0.2, -0.15) is 0 Å². The van der Waals surface area contributed by atoms with Crippen LogP contribution < -0.4 is 11.1 Å². The zero-order valence-corrected chi connectivity index (χ0v) is 12.5. The predicted octanol–water partition coefficient (Wildman–Crippen LogP) is 2.54. The number of hydrogen-bond donors (Lipinski definition) is 2. The number of nitrogens with one attached hydrogen (secondary N) is 1. The largest absolute Gasteiger partial charge is 0.399 e. The van der Waals surface area contributed by atoms with Crippen molar-refractivity contribution in [1.82, 2.24) is 9.88 Å². The molecule has 2 aromatic rings. The number of hydrogen-bond acceptors (Lipinski definition) is 4. The topological polar surface area (TPSA) is 71.2 Å². The molecule has 0 aliphatic heterocycles. The monoisotopic (exact) mass is 284 g/mol. The Labute approximate surface area is 124 Å². The van der Waals surface area contributed by atoms with Gasteiger partial charge in [0.15, 0.2) is 0 Å². The van der Waals surface area contributed by atoms with E-state index >= 15 is 0 Å². The molecule has 1 unspecified atom stereocenters. The van der Waals surface area contributed by atoms with Gasteiger partial charge in [0.2, 0.25) is 0 Å². The Balaban J connectivity index is 2.30. The third-order valence-electron chi connectivity index (χ3n) is 3.18. The highest BCUT2D eigenvalue weighted by Crippen LogP contribution is 2.24. The van der Waals surface area contributed by atoms with Gasteiger partial charge in [0.05, 0.1) is 17.3 Å². The second kappa shape index (κ2) is 6.26. The zero-order chi connectivity index (χ0) is 15.4. The summed E-state index contributed by atoms with van der Waals surface area (Å²) in [5, 5.41) is 3.31. The molecule has 0 saturated heterocycles. The van der Waals surface area contributed by atoms with E-state index in [2.05, 4.69) is 10.3 Å². The van der Waals surface area contributed by atoms with Gasteiger partial charge in [-0.3, -0.25) is 9.78 Å². The summed E-state index contributed by atoms with van der Waals surface area (Å²) in [6, 6.07) is 11.0. The molecule has 5 heteroatoms. The smallest absolute Gasteiger partial charge is 0.255 e. The maximum absolute atomic E-state index is 12.2. The fourth-order valence-corrected chi connectivity index (χ4v) is 2.05. The Bertz CT molecular complexity index is 625. The SMILES string of the molecule is CC(Nc1cc(N)ccc1C(=O)N(C)C)c1ccccn1. The molecule has 21 heavy (non-hydrogen) atoms. The summed E-state index contributed by atoms with van der Waals surface area (Å²) < 4.78 is 0. The fourth-order valence-electron chi connectivity index (χ4n) is 2.05. The molecule has 3 N–H and O–H groups in total. The first-order chi connectivity index (χ1) is 9.99. The molecule has 5 nitrogen and oxygen atoms in total. The summed E-state index contributed by atoms with van der Waals surface area (Å²) in [5.41, 5.74) is 8.66. The maximum Gasteiger partial charge on any atom is 0.255 e. The average molecular weight is 284 g/mol. The molecule has 1 aromatic carbocycles. The van der Waals surface area contributed by atoms with E-state index in [0.717, 1.165) is 5.69 Å². The lowest BCUT2D eigenvalue weighted by atomic mass is 10.1. The average Bonchev–Trinajstić information content (AvgIpc) is 2.47. The Morgan fingerprint density at radius 2 is 2.05 bits per heavy atom. The van der Waals surface area contributed by atoms with Crippen LogP contribution in [0.25, 0.3) is 0 Å². The van der Waals surface area contributed by atoms with Gasteiger partial charge in [0.25, 0.3) is 5.91 Å². The Kier molecular flexibility index (Phi) is 4.42. The number of anilines is 2. The molecule has 1 heterocycles. The first-order valence-electron chi connectivity index (χ1n) is 6.77. The van der Waals surface area contributed by atoms with Crippen molar-refractivity contribution in [3.8, 4) is 0 Å². The molecule has 1 amide bonds. The van der Waals surface area contributed by atoms with E-state index in [1.54, 1.807) is 43.4 Å². The molecule has 0 spiro atoms. The van der Waals surface area contributed by atoms with E-state index in [-0.39, 0.29) is 11.9 Å². The number of nitrogens with zero attached hydrogens (tertiary/aromatic N) is 2. The third kappa shape index (κ3) is 3.51. The number of nitrogen functional groups attached to an aromatic ring is 1. The van der Waals surface area contributed by atoms with Gasteiger partial charge in [-0.25, -0.2) is 0 Å². The van der Waals surface area contributed by atoms with Gasteiger partial charge in [-0.05, 0) is 37.3 Å². The normalized spacial score (nSPS) is 11.8. The number of pyridine rings is 1. The maximum atomic E-state index is 12.2. The molecule has 0 aliphatic carbocycles. The number of carbonyl (C=O) groups is 1. The molecule has 0 aliphatic rings. The summed E-state index contributed by atoms with van der Waals surface area (Å²) in [5.74, 6) is -0.0641. The van der Waals surface area contributed by atoms with Crippen molar-refractivity contribution in [3.63, 3.8) is 0 Å². The second-order valence-corrected chi connectivity index (χ2v) is 5.13. The highest BCUT2D eigenvalue weighted by atomic mass is 16.2. The first-order valence-corrected chi connectivity index (χ1v) is 6.77. The molecule has 2 rings (SSSR count). The van der Waals surface area contributed by atoms with Crippen LogP contribution in [0.4, 0.5) is 11.4 Å². The highest BCUT2D eigenvalue weighted by molar-refractivity contribution is 6.00. The summed E-state index contributed by atoms with van der Waals surface area (Å²) in [7, 11) is 3.45. The van der Waals surface area contributed by atoms with E-state index in [0.29, 0.717) is 16.9 Å². The van der Waals surface area contributed by atoms with Crippen LogP contribution in [0.1, 0.15) is 29.0 Å². The summed E-state index contributed by atoms with van der Waals surface area (Å²) in [6.45, 7) is 2.00. The van der Waals surface area contributed by atoms with Gasteiger partial charge in [-0.15, -0.1) is 0 Å². The highest BCUT2D eigenvalue weighted by Gasteiger charge is 2.16. The van der Waals surface area contributed by atoms with Crippen LogP contribution >= 0.6 is 0 Å². The Morgan fingerprint density at radius 3 is 2.67 bits per heavy atom. The first kappa shape index (κ1) is 14.8. The van der Waals surface area contributed by atoms with Gasteiger partial charge in [-0.1, -0.05) is 6.07 Å². The van der Waals surface area contributed by atoms with Crippen LogP contribution in [0.2, 0.25) is 0 Å². The van der Waals surface area contributed by atoms with E-state index in [1.807, 2.05) is 25.1 Å². The molecule has 0 bridgehead atoms. The Morgan fingerprint density at radius 1 is 1.29 bits per heavy atom. The number of nitrogens with two attached hydrogens (primary N) is 1. The lowest BCUT2D eigenvalue weighted by Gasteiger charge is -2.19. The predicted molar refractivity (Wildman–Crippen MR) is 85.1 cm³/mol. The minimum absolute atomic E-state index is 0.0262. The molecule has 1 atom stereocenters. The van der Waals surface area contributed by atoms with Crippen molar-refractivity contribution in [1.29, 1.82) is 0 Å². The molecule has 110 valence electrons. The third-order valence-corrected chi connectivity index (χ3v) is 3.18. The Hall–Kier alpha value is -2.56. The minimum atomic E-state index is -0.0641. The quantitative estimate of drug-likeness (QED) is 0.846. The van der Waals surface area contributed by atoms with Crippen molar-refractivity contribution in [2.75, 3.05) is 25.1 Å². The van der Waals surface area contributed by atoms with Crippen molar-refractivity contribution in [2.45, 2.75) is 13.0 Å². The number of carbonyl (C=O) groups excluding carboxylic acids is 1. The molecule has 0 saturated carbocycles. The fraction of sp³-hybridized carbons (Fsp3) is 0.250. The number of rotatable bonds is 4. The van der Waals surface area contributed by atoms with Gasteiger partial charge >= 0.3 is 0 Å². The van der Waals surface area contributed by atoms with E-state index in [4.69, 9.17) is 5.73 Å². The van der Waals surface area contributed by atoms with Crippen molar-refractivity contribution < 1.29 is 4.79 Å². The van der Waals surface area contributed by atoms with Gasteiger partial charge < -0.3 is 16.0 Å². The minimum Gasteiger partial charge on any atom is -0.399 e. The molecule has 1 aromatic heterocycles. The van der Waals surface area contributed by atoms with Crippen molar-refractivity contribution in [2.24, 2.45) is 0 Å². The number of aromatic nitrogens is 1. The van der Waals surface area contributed by atoms with Crippen LogP contribution in [0.15, 0.2) is 42.6 Å². The summed E-state index contributed by atoms with van der Waals surface area (Å²) >= 11 is 0. The summed E-state index contributed by atoms with van der Waals surface area (Å²) in [6.07, 6.45) is 1.75. The van der Waals surface area contributed by atoms with E-state index in [9.17, 15) is 4.79 Å². The lowest BCUT2D eigenvalue weighted by Crippen LogP contribution is -2.23. The lowest BCUT2D eigenvalue weighted by molar-refractivity contribution is 0.0828. The van der Waals surface area contributed by atoms with E-state index in [1.165, 1.54) is 0 Å². The van der Waals surface area contributed by atoms with Crippen molar-refractivity contribution in [3.05, 3.63) is 53.9 Å². The van der Waals surface area contributed by atoms with Crippen LogP contribution in [-0.4, -0.2) is 29.9 Å². The molecule has 0 radical (unpaired) electrons. The van der Waals surface area contributed by atoms with Gasteiger partial charge in [0.1, 0.15) is 0 Å². The van der Waals surface area contributed by atoms with Crippen LogP contribution in [0.3, 0.4) is 0 Å². The van der Waals surface area contributed by atoms with Gasteiger partial charge in [0, 0.05) is 31.7 Å². The zero-order valence-electron chi connectivity index (χ0n) is 12.5. The molecule has 0 fully saturated rings. The number of amides is 1. The van der Waals surface area contributed by atoms with E-state index < -0.39 is 0 Å². The molecular weight excluding hydrogens is 264 g/mol. The number of benzene rings is 1. The summed E-state index contributed by atoms with van der Waals surface area (Å²) in [4.78, 5) is 18.1. The second-order valence-electron chi connectivity index (χ2n) is 5.13. The molecular formula is C16H20N4O. The standard InChI is InChI=1S/C16H20N4O/c1-11(14-6-4-5-9-18-14)19-15-10-12(17)7-8-13(15)16(21)20(2)3/h4-11,19H,17H2,1-3H3.